The highest BCUT2D eigenvalue weighted by Gasteiger charge is 2.12. The third-order valence-electron chi connectivity index (χ3n) is 1.77. The van der Waals surface area contributed by atoms with Crippen LogP contribution in [-0.2, 0) is 9.53 Å². The summed E-state index contributed by atoms with van der Waals surface area (Å²) in [6, 6.07) is 1.74. The first-order chi connectivity index (χ1) is 8.04. The Bertz CT molecular complexity index is 392. The van der Waals surface area contributed by atoms with E-state index in [1.807, 2.05) is 0 Å². The van der Waals surface area contributed by atoms with Gasteiger partial charge in [-0.25, -0.2) is 8.78 Å². The lowest BCUT2D eigenvalue weighted by atomic mass is 10.3. The molecular formula is C10H11BrF2N2O2. The Kier molecular flexibility index (Phi) is 5.46. The number of carbonyl (C=O) groups is 1. The second-order valence-corrected chi connectivity index (χ2v) is 3.99. The van der Waals surface area contributed by atoms with Gasteiger partial charge in [0.15, 0.2) is 5.82 Å². The molecule has 94 valence electrons. The zero-order valence-electron chi connectivity index (χ0n) is 8.80. The molecule has 0 saturated heterocycles. The Labute approximate surface area is 105 Å². The van der Waals surface area contributed by atoms with Crippen molar-refractivity contribution in [3.8, 4) is 0 Å². The predicted octanol–water partition coefficient (Wildman–Crippen LogP) is 1.64. The molecule has 0 spiro atoms. The second-order valence-electron chi connectivity index (χ2n) is 3.13. The fourth-order valence-electron chi connectivity index (χ4n) is 1.09. The number of nitrogens with two attached hydrogens (primary N) is 1. The van der Waals surface area contributed by atoms with Crippen molar-refractivity contribution in [2.45, 2.75) is 0 Å². The summed E-state index contributed by atoms with van der Waals surface area (Å²) in [7, 11) is 0. The van der Waals surface area contributed by atoms with Crippen molar-refractivity contribution in [3.05, 3.63) is 28.2 Å². The van der Waals surface area contributed by atoms with Crippen molar-refractivity contribution >= 4 is 27.5 Å². The molecule has 1 aromatic carbocycles. The van der Waals surface area contributed by atoms with Gasteiger partial charge in [-0.15, -0.1) is 0 Å². The highest BCUT2D eigenvalue weighted by Crippen LogP contribution is 2.26. The first-order valence-electron chi connectivity index (χ1n) is 4.76. The summed E-state index contributed by atoms with van der Waals surface area (Å²) in [5, 5.41) is 2.27. The number of amides is 1. The van der Waals surface area contributed by atoms with Crippen LogP contribution in [0.4, 0.5) is 14.5 Å². The van der Waals surface area contributed by atoms with Crippen LogP contribution in [0.1, 0.15) is 0 Å². The zero-order chi connectivity index (χ0) is 12.8. The van der Waals surface area contributed by atoms with Crippen LogP contribution in [0.3, 0.4) is 0 Å². The van der Waals surface area contributed by atoms with Crippen molar-refractivity contribution in [2.75, 3.05) is 25.1 Å². The molecule has 1 aromatic rings. The van der Waals surface area contributed by atoms with E-state index in [1.165, 1.54) is 0 Å². The molecule has 0 heterocycles. The van der Waals surface area contributed by atoms with Gasteiger partial charge in [0.2, 0.25) is 5.91 Å². The van der Waals surface area contributed by atoms with Gasteiger partial charge in [0, 0.05) is 17.1 Å². The largest absolute Gasteiger partial charge is 0.370 e. The van der Waals surface area contributed by atoms with E-state index in [2.05, 4.69) is 21.2 Å². The number of rotatable bonds is 5. The van der Waals surface area contributed by atoms with Gasteiger partial charge in [-0.1, -0.05) is 0 Å². The van der Waals surface area contributed by atoms with Gasteiger partial charge in [0.25, 0.3) is 0 Å². The van der Waals surface area contributed by atoms with Crippen molar-refractivity contribution < 1.29 is 18.3 Å². The third kappa shape index (κ3) is 4.37. The molecule has 0 unspecified atom stereocenters. The molecule has 0 fully saturated rings. The number of ether oxygens (including phenoxy) is 1. The van der Waals surface area contributed by atoms with Gasteiger partial charge in [-0.2, -0.15) is 0 Å². The SMILES string of the molecule is NCCOCC(=O)Nc1c(F)cc(F)cc1Br. The fourth-order valence-corrected chi connectivity index (χ4v) is 1.59. The third-order valence-corrected chi connectivity index (χ3v) is 2.39. The van der Waals surface area contributed by atoms with E-state index in [-0.39, 0.29) is 23.4 Å². The highest BCUT2D eigenvalue weighted by atomic mass is 79.9. The molecule has 0 aliphatic carbocycles. The van der Waals surface area contributed by atoms with Gasteiger partial charge in [0.1, 0.15) is 12.4 Å². The van der Waals surface area contributed by atoms with Crippen LogP contribution >= 0.6 is 15.9 Å². The summed E-state index contributed by atoms with van der Waals surface area (Å²) < 4.78 is 31.1. The number of hydrogen-bond acceptors (Lipinski definition) is 3. The van der Waals surface area contributed by atoms with Crippen LogP contribution < -0.4 is 11.1 Å². The second kappa shape index (κ2) is 6.63. The summed E-state index contributed by atoms with van der Waals surface area (Å²) in [5.41, 5.74) is 5.05. The van der Waals surface area contributed by atoms with Crippen LogP contribution in [-0.4, -0.2) is 25.7 Å². The van der Waals surface area contributed by atoms with Gasteiger partial charge in [-0.05, 0) is 22.0 Å². The van der Waals surface area contributed by atoms with Crippen molar-refractivity contribution in [2.24, 2.45) is 5.73 Å². The van der Waals surface area contributed by atoms with Crippen molar-refractivity contribution in [3.63, 3.8) is 0 Å². The molecule has 0 aliphatic rings. The van der Waals surface area contributed by atoms with E-state index >= 15 is 0 Å². The van der Waals surface area contributed by atoms with Crippen LogP contribution in [0.2, 0.25) is 0 Å². The molecule has 0 atom stereocenters. The van der Waals surface area contributed by atoms with E-state index < -0.39 is 17.5 Å². The number of nitrogens with one attached hydrogen (secondary N) is 1. The van der Waals surface area contributed by atoms with Crippen molar-refractivity contribution in [1.82, 2.24) is 0 Å². The number of anilines is 1. The Balaban J connectivity index is 2.65. The first kappa shape index (κ1) is 14.0. The van der Waals surface area contributed by atoms with Crippen LogP contribution in [0.5, 0.6) is 0 Å². The maximum Gasteiger partial charge on any atom is 0.250 e. The summed E-state index contributed by atoms with van der Waals surface area (Å²) in [4.78, 5) is 11.3. The average molecular weight is 309 g/mol. The van der Waals surface area contributed by atoms with Crippen LogP contribution in [0, 0.1) is 11.6 Å². The van der Waals surface area contributed by atoms with Gasteiger partial charge >= 0.3 is 0 Å². The Morgan fingerprint density at radius 1 is 1.47 bits per heavy atom. The van der Waals surface area contributed by atoms with E-state index in [0.717, 1.165) is 6.07 Å². The monoisotopic (exact) mass is 308 g/mol. The molecule has 1 rings (SSSR count). The quantitative estimate of drug-likeness (QED) is 0.813. The number of hydrogen-bond donors (Lipinski definition) is 2. The number of carbonyl (C=O) groups excluding carboxylic acids is 1. The van der Waals surface area contributed by atoms with Crippen LogP contribution in [0.25, 0.3) is 0 Å². The lowest BCUT2D eigenvalue weighted by molar-refractivity contribution is -0.120. The standard InChI is InChI=1S/C10H11BrF2N2O2/c11-7-3-6(12)4-8(13)10(7)15-9(16)5-17-2-1-14/h3-4H,1-2,5,14H2,(H,15,16). The van der Waals surface area contributed by atoms with Gasteiger partial charge in [-0.3, -0.25) is 4.79 Å². The lowest BCUT2D eigenvalue weighted by Crippen LogP contribution is -2.21. The molecule has 17 heavy (non-hydrogen) atoms. The highest BCUT2D eigenvalue weighted by molar-refractivity contribution is 9.10. The minimum atomic E-state index is -0.857. The molecule has 3 N–H and O–H groups in total. The molecule has 0 aliphatic heterocycles. The Morgan fingerprint density at radius 3 is 2.76 bits per heavy atom. The van der Waals surface area contributed by atoms with E-state index in [4.69, 9.17) is 10.5 Å². The molecule has 4 nitrogen and oxygen atoms in total. The average Bonchev–Trinajstić information content (AvgIpc) is 2.24. The molecule has 0 radical (unpaired) electrons. The number of benzene rings is 1. The van der Waals surface area contributed by atoms with E-state index in [9.17, 15) is 13.6 Å². The van der Waals surface area contributed by atoms with E-state index in [0.29, 0.717) is 12.6 Å². The minimum absolute atomic E-state index is 0.118. The van der Waals surface area contributed by atoms with Gasteiger partial charge in [0.05, 0.1) is 12.3 Å². The summed E-state index contributed by atoms with van der Waals surface area (Å²) in [5.74, 6) is -2.12. The summed E-state index contributed by atoms with van der Waals surface area (Å²) in [6.45, 7) is 0.294. The molecular weight excluding hydrogens is 298 g/mol. The number of halogens is 3. The fraction of sp³-hybridized carbons (Fsp3) is 0.300. The maximum atomic E-state index is 13.3. The Hall–Kier alpha value is -1.05. The maximum absolute atomic E-state index is 13.3. The zero-order valence-corrected chi connectivity index (χ0v) is 10.4. The van der Waals surface area contributed by atoms with E-state index in [1.54, 1.807) is 0 Å². The van der Waals surface area contributed by atoms with Gasteiger partial charge < -0.3 is 15.8 Å². The molecule has 0 saturated carbocycles. The topological polar surface area (TPSA) is 64.3 Å². The van der Waals surface area contributed by atoms with Crippen molar-refractivity contribution in [1.29, 1.82) is 0 Å². The molecule has 1 amide bonds. The summed E-state index contributed by atoms with van der Waals surface area (Å²) in [6.07, 6.45) is 0. The molecule has 0 aromatic heterocycles. The normalized spacial score (nSPS) is 10.4. The minimum Gasteiger partial charge on any atom is -0.370 e. The summed E-state index contributed by atoms with van der Waals surface area (Å²) >= 11 is 2.95. The molecule has 7 heteroatoms. The Morgan fingerprint density at radius 2 is 2.18 bits per heavy atom. The smallest absolute Gasteiger partial charge is 0.250 e. The lowest BCUT2D eigenvalue weighted by Gasteiger charge is -2.08. The molecule has 0 bridgehead atoms. The first-order valence-corrected chi connectivity index (χ1v) is 5.56. The van der Waals surface area contributed by atoms with Crippen LogP contribution in [0.15, 0.2) is 16.6 Å². The predicted molar refractivity (Wildman–Crippen MR) is 62.6 cm³/mol.